The highest BCUT2D eigenvalue weighted by Gasteiger charge is 2.24. The van der Waals surface area contributed by atoms with Crippen LogP contribution in [0.4, 0.5) is 5.69 Å². The summed E-state index contributed by atoms with van der Waals surface area (Å²) in [6, 6.07) is 6.47. The zero-order valence-electron chi connectivity index (χ0n) is 10.6. The molecule has 2 rings (SSSR count). The number of hydrogen-bond acceptors (Lipinski definition) is 3. The van der Waals surface area contributed by atoms with Crippen LogP contribution in [-0.2, 0) is 10.0 Å². The molecular weight excluding hydrogens is 248 g/mol. The normalized spacial score (nSPS) is 24.9. The highest BCUT2D eigenvalue weighted by atomic mass is 32.2. The van der Waals surface area contributed by atoms with Gasteiger partial charge in [0, 0.05) is 11.7 Å². The lowest BCUT2D eigenvalue weighted by Crippen LogP contribution is -2.37. The number of hydrogen-bond donors (Lipinski definition) is 2. The van der Waals surface area contributed by atoms with Crippen molar-refractivity contribution in [3.05, 3.63) is 24.3 Å². The third-order valence-electron chi connectivity index (χ3n) is 3.43. The summed E-state index contributed by atoms with van der Waals surface area (Å²) in [5.74, 6) is 0.590. The summed E-state index contributed by atoms with van der Waals surface area (Å²) in [5.41, 5.74) is 6.09. The molecule has 2 unspecified atom stereocenters. The van der Waals surface area contributed by atoms with E-state index in [0.29, 0.717) is 11.6 Å². The van der Waals surface area contributed by atoms with Crippen LogP contribution in [0, 0.1) is 5.92 Å². The molecule has 0 aliphatic heterocycles. The second-order valence-electron chi connectivity index (χ2n) is 5.16. The Bertz CT molecular complexity index is 513. The molecule has 1 aliphatic carbocycles. The van der Waals surface area contributed by atoms with Crippen LogP contribution in [0.25, 0.3) is 0 Å². The van der Waals surface area contributed by atoms with E-state index in [-0.39, 0.29) is 10.9 Å². The predicted octanol–water partition coefficient (Wildman–Crippen LogP) is 2.13. The van der Waals surface area contributed by atoms with Crippen molar-refractivity contribution in [1.29, 1.82) is 0 Å². The third-order valence-corrected chi connectivity index (χ3v) is 4.94. The molecule has 3 N–H and O–H groups in total. The van der Waals surface area contributed by atoms with Crippen molar-refractivity contribution in [2.45, 2.75) is 43.5 Å². The Morgan fingerprint density at radius 2 is 2.11 bits per heavy atom. The molecule has 1 fully saturated rings. The van der Waals surface area contributed by atoms with Gasteiger partial charge < -0.3 is 5.73 Å². The van der Waals surface area contributed by atoms with Crippen molar-refractivity contribution < 1.29 is 8.42 Å². The molecular formula is C13H20N2O2S. The minimum atomic E-state index is -3.44. The van der Waals surface area contributed by atoms with Crippen molar-refractivity contribution in [2.24, 2.45) is 5.92 Å². The summed E-state index contributed by atoms with van der Waals surface area (Å²) in [5, 5.41) is 0. The average molecular weight is 268 g/mol. The lowest BCUT2D eigenvalue weighted by molar-refractivity contribution is 0.327. The van der Waals surface area contributed by atoms with E-state index in [1.165, 1.54) is 12.5 Å². The number of sulfonamides is 1. The van der Waals surface area contributed by atoms with E-state index >= 15 is 0 Å². The molecule has 1 aliphatic rings. The van der Waals surface area contributed by atoms with Gasteiger partial charge in [-0.2, -0.15) is 0 Å². The maximum atomic E-state index is 12.2. The Kier molecular flexibility index (Phi) is 3.92. The molecule has 2 atom stereocenters. The smallest absolute Gasteiger partial charge is 0.240 e. The second kappa shape index (κ2) is 5.28. The number of rotatable bonds is 3. The molecule has 100 valence electrons. The van der Waals surface area contributed by atoms with Gasteiger partial charge in [-0.25, -0.2) is 13.1 Å². The summed E-state index contributed by atoms with van der Waals surface area (Å²) >= 11 is 0. The monoisotopic (exact) mass is 268 g/mol. The molecule has 0 spiro atoms. The summed E-state index contributed by atoms with van der Waals surface area (Å²) in [4.78, 5) is 0.251. The molecule has 4 nitrogen and oxygen atoms in total. The van der Waals surface area contributed by atoms with Crippen LogP contribution in [-0.4, -0.2) is 14.5 Å². The van der Waals surface area contributed by atoms with Crippen LogP contribution in [0.5, 0.6) is 0 Å². The maximum absolute atomic E-state index is 12.2. The molecule has 18 heavy (non-hydrogen) atoms. The van der Waals surface area contributed by atoms with E-state index in [0.717, 1.165) is 19.3 Å². The quantitative estimate of drug-likeness (QED) is 0.825. The minimum absolute atomic E-state index is 0.0557. The lowest BCUT2D eigenvalue weighted by Gasteiger charge is -2.27. The number of nitrogens with two attached hydrogens (primary N) is 1. The number of benzene rings is 1. The van der Waals surface area contributed by atoms with E-state index < -0.39 is 10.0 Å². The Morgan fingerprint density at radius 3 is 2.78 bits per heavy atom. The topological polar surface area (TPSA) is 72.2 Å². The zero-order valence-corrected chi connectivity index (χ0v) is 11.4. The molecule has 0 radical (unpaired) electrons. The van der Waals surface area contributed by atoms with E-state index in [1.54, 1.807) is 18.2 Å². The van der Waals surface area contributed by atoms with Gasteiger partial charge in [-0.15, -0.1) is 0 Å². The largest absolute Gasteiger partial charge is 0.399 e. The fourth-order valence-electron chi connectivity index (χ4n) is 2.51. The summed E-state index contributed by atoms with van der Waals surface area (Å²) in [7, 11) is -3.44. The van der Waals surface area contributed by atoms with Gasteiger partial charge in [0.05, 0.1) is 4.90 Å². The standard InChI is InChI=1S/C13H20N2O2S/c1-10-4-2-6-12(8-10)15-18(16,17)13-7-3-5-11(14)9-13/h3,5,7,9-10,12,15H,2,4,6,8,14H2,1H3. The molecule has 1 aromatic rings. The van der Waals surface area contributed by atoms with E-state index in [2.05, 4.69) is 11.6 Å². The van der Waals surface area contributed by atoms with Crippen molar-refractivity contribution >= 4 is 15.7 Å². The Morgan fingerprint density at radius 1 is 1.33 bits per heavy atom. The fraction of sp³-hybridized carbons (Fsp3) is 0.538. The van der Waals surface area contributed by atoms with Gasteiger partial charge in [-0.3, -0.25) is 0 Å². The molecule has 1 aromatic carbocycles. The van der Waals surface area contributed by atoms with Gasteiger partial charge in [0.15, 0.2) is 0 Å². The summed E-state index contributed by atoms with van der Waals surface area (Å²) in [6.07, 6.45) is 4.12. The highest BCUT2D eigenvalue weighted by molar-refractivity contribution is 7.89. The van der Waals surface area contributed by atoms with Crippen LogP contribution in [0.15, 0.2) is 29.2 Å². The number of nitrogens with one attached hydrogen (secondary N) is 1. The van der Waals surface area contributed by atoms with E-state index in [9.17, 15) is 8.42 Å². The van der Waals surface area contributed by atoms with Crippen LogP contribution in [0.1, 0.15) is 32.6 Å². The summed E-state index contributed by atoms with van der Waals surface area (Å²) < 4.78 is 27.2. The second-order valence-corrected chi connectivity index (χ2v) is 6.88. The van der Waals surface area contributed by atoms with Gasteiger partial charge in [0.1, 0.15) is 0 Å². The van der Waals surface area contributed by atoms with Crippen LogP contribution in [0.3, 0.4) is 0 Å². The summed E-state index contributed by atoms with van der Waals surface area (Å²) in [6.45, 7) is 2.17. The molecule has 0 aromatic heterocycles. The molecule has 5 heteroatoms. The van der Waals surface area contributed by atoms with Crippen molar-refractivity contribution in [1.82, 2.24) is 4.72 Å². The van der Waals surface area contributed by atoms with Gasteiger partial charge >= 0.3 is 0 Å². The van der Waals surface area contributed by atoms with E-state index in [4.69, 9.17) is 5.73 Å². The maximum Gasteiger partial charge on any atom is 0.240 e. The Labute approximate surface area is 109 Å². The number of anilines is 1. The van der Waals surface area contributed by atoms with Crippen LogP contribution < -0.4 is 10.5 Å². The van der Waals surface area contributed by atoms with Crippen molar-refractivity contribution in [2.75, 3.05) is 5.73 Å². The van der Waals surface area contributed by atoms with Gasteiger partial charge in [0.25, 0.3) is 0 Å². The molecule has 0 heterocycles. The zero-order chi connectivity index (χ0) is 13.2. The molecule has 0 amide bonds. The predicted molar refractivity (Wildman–Crippen MR) is 72.6 cm³/mol. The van der Waals surface area contributed by atoms with Gasteiger partial charge in [-0.1, -0.05) is 25.8 Å². The Balaban J connectivity index is 2.12. The minimum Gasteiger partial charge on any atom is -0.399 e. The van der Waals surface area contributed by atoms with Crippen LogP contribution >= 0.6 is 0 Å². The van der Waals surface area contributed by atoms with Crippen molar-refractivity contribution in [3.8, 4) is 0 Å². The van der Waals surface area contributed by atoms with Crippen molar-refractivity contribution in [3.63, 3.8) is 0 Å². The number of nitrogen functional groups attached to an aromatic ring is 1. The van der Waals surface area contributed by atoms with Gasteiger partial charge in [0.2, 0.25) is 10.0 Å². The Hall–Kier alpha value is -1.07. The first-order valence-electron chi connectivity index (χ1n) is 6.35. The van der Waals surface area contributed by atoms with Crippen LogP contribution in [0.2, 0.25) is 0 Å². The molecule has 0 bridgehead atoms. The molecule has 1 saturated carbocycles. The first-order valence-corrected chi connectivity index (χ1v) is 7.83. The van der Waals surface area contributed by atoms with Gasteiger partial charge in [-0.05, 0) is 37.0 Å². The SMILES string of the molecule is CC1CCCC(NS(=O)(=O)c2cccc(N)c2)C1. The lowest BCUT2D eigenvalue weighted by atomic mass is 9.88. The average Bonchev–Trinajstić information content (AvgIpc) is 2.28. The first-order chi connectivity index (χ1) is 8.47. The third kappa shape index (κ3) is 3.23. The van der Waals surface area contributed by atoms with E-state index in [1.807, 2.05) is 0 Å². The fourth-order valence-corrected chi connectivity index (χ4v) is 3.85. The molecule has 0 saturated heterocycles. The highest BCUT2D eigenvalue weighted by Crippen LogP contribution is 2.25. The first kappa shape index (κ1) is 13.4.